The van der Waals surface area contributed by atoms with Crippen LogP contribution in [0.1, 0.15) is 30.2 Å². The summed E-state index contributed by atoms with van der Waals surface area (Å²) in [5.41, 5.74) is 6.89. The van der Waals surface area contributed by atoms with E-state index in [1.54, 1.807) is 49.6 Å². The normalized spacial score (nSPS) is 17.7. The molecule has 4 aromatic rings. The number of anilines is 2. The second-order valence-electron chi connectivity index (χ2n) is 8.08. The fraction of sp³-hybridized carbons (Fsp3) is 0.227. The van der Waals surface area contributed by atoms with Crippen LogP contribution in [-0.4, -0.2) is 36.8 Å². The van der Waals surface area contributed by atoms with Crippen LogP contribution < -0.4 is 11.1 Å². The Hall–Kier alpha value is -3.73. The van der Waals surface area contributed by atoms with Crippen LogP contribution in [0.5, 0.6) is 0 Å². The molecule has 1 aliphatic heterocycles. The maximum absolute atomic E-state index is 13.0. The fourth-order valence-electron chi connectivity index (χ4n) is 4.20. The van der Waals surface area contributed by atoms with Gasteiger partial charge in [-0.1, -0.05) is 11.6 Å². The Morgan fingerprint density at radius 3 is 2.62 bits per heavy atom. The van der Waals surface area contributed by atoms with Crippen molar-refractivity contribution < 1.29 is 18.0 Å². The standard InChI is InChI=1S/C22H17ClF3N7O/c1-21(11-5-8-28-9-6-11)16-17(27)29-20(31-18(16)30-19(21)34)33-15-3-2-12(23)10-13(15)14(32-33)4-7-22(24,25)26/h2-3,5-6,8-10H,4,7H2,1H3,(H3,27,29,30,31,34). The lowest BCUT2D eigenvalue weighted by Gasteiger charge is -2.23. The third-order valence-electron chi connectivity index (χ3n) is 5.92. The molecule has 1 aliphatic rings. The number of alkyl halides is 3. The number of carbonyl (C=O) groups is 1. The van der Waals surface area contributed by atoms with Gasteiger partial charge in [-0.25, -0.2) is 0 Å². The molecule has 3 aromatic heterocycles. The number of hydrogen-bond donors (Lipinski definition) is 2. The number of aromatic nitrogens is 5. The minimum atomic E-state index is -4.34. The zero-order chi connectivity index (χ0) is 24.3. The number of benzene rings is 1. The van der Waals surface area contributed by atoms with Gasteiger partial charge in [0.2, 0.25) is 5.91 Å². The molecule has 0 saturated heterocycles. The molecule has 5 rings (SSSR count). The molecule has 1 unspecified atom stereocenters. The number of aryl methyl sites for hydroxylation is 1. The number of nitrogens with zero attached hydrogens (tertiary/aromatic N) is 5. The van der Waals surface area contributed by atoms with Gasteiger partial charge >= 0.3 is 6.18 Å². The predicted molar refractivity (Wildman–Crippen MR) is 120 cm³/mol. The summed E-state index contributed by atoms with van der Waals surface area (Å²) in [7, 11) is 0. The maximum Gasteiger partial charge on any atom is 0.389 e. The minimum absolute atomic E-state index is 0.0149. The first-order valence-electron chi connectivity index (χ1n) is 10.2. The summed E-state index contributed by atoms with van der Waals surface area (Å²) in [6.45, 7) is 1.71. The number of fused-ring (bicyclic) bond motifs is 2. The Morgan fingerprint density at radius 2 is 1.91 bits per heavy atom. The summed E-state index contributed by atoms with van der Waals surface area (Å²) in [5, 5.41) is 7.89. The van der Waals surface area contributed by atoms with E-state index in [4.69, 9.17) is 17.3 Å². The second-order valence-corrected chi connectivity index (χ2v) is 8.52. The molecular weight excluding hydrogens is 471 g/mol. The number of nitrogens with two attached hydrogens (primary N) is 1. The second kappa shape index (κ2) is 7.66. The zero-order valence-corrected chi connectivity index (χ0v) is 18.4. The first-order chi connectivity index (χ1) is 16.1. The van der Waals surface area contributed by atoms with Crippen LogP contribution >= 0.6 is 11.6 Å². The number of hydrogen-bond acceptors (Lipinski definition) is 6. The Labute approximate surface area is 196 Å². The van der Waals surface area contributed by atoms with Gasteiger partial charge in [-0.05, 0) is 42.8 Å². The van der Waals surface area contributed by atoms with Crippen molar-refractivity contribution in [1.82, 2.24) is 24.7 Å². The summed E-state index contributed by atoms with van der Waals surface area (Å²) in [4.78, 5) is 25.8. The molecule has 8 nitrogen and oxygen atoms in total. The van der Waals surface area contributed by atoms with Crippen LogP contribution in [0.2, 0.25) is 5.02 Å². The van der Waals surface area contributed by atoms with Gasteiger partial charge < -0.3 is 11.1 Å². The molecule has 3 N–H and O–H groups in total. The first-order valence-corrected chi connectivity index (χ1v) is 10.6. The lowest BCUT2D eigenvalue weighted by molar-refractivity contribution is -0.134. The third kappa shape index (κ3) is 3.52. The number of halogens is 4. The summed E-state index contributed by atoms with van der Waals surface area (Å²) >= 11 is 6.08. The topological polar surface area (TPSA) is 112 Å². The van der Waals surface area contributed by atoms with E-state index in [1.807, 2.05) is 0 Å². The highest BCUT2D eigenvalue weighted by Gasteiger charge is 2.47. The minimum Gasteiger partial charge on any atom is -0.383 e. The molecule has 0 bridgehead atoms. The molecule has 1 aromatic carbocycles. The molecule has 0 fully saturated rings. The molecule has 1 atom stereocenters. The Morgan fingerprint density at radius 1 is 1.18 bits per heavy atom. The molecule has 174 valence electrons. The average molecular weight is 488 g/mol. The van der Waals surface area contributed by atoms with Crippen molar-refractivity contribution >= 4 is 40.0 Å². The Bertz CT molecular complexity index is 1440. The van der Waals surface area contributed by atoms with E-state index in [1.165, 1.54) is 4.68 Å². The molecule has 0 radical (unpaired) electrons. The van der Waals surface area contributed by atoms with E-state index in [0.29, 0.717) is 27.1 Å². The van der Waals surface area contributed by atoms with E-state index in [9.17, 15) is 18.0 Å². The van der Waals surface area contributed by atoms with Crippen molar-refractivity contribution in [3.63, 3.8) is 0 Å². The predicted octanol–water partition coefficient (Wildman–Crippen LogP) is 4.20. The van der Waals surface area contributed by atoms with Crippen LogP contribution in [0.3, 0.4) is 0 Å². The van der Waals surface area contributed by atoms with Gasteiger partial charge in [-0.3, -0.25) is 9.78 Å². The number of nitrogens with one attached hydrogen (secondary N) is 1. The number of nitrogen functional groups attached to an aromatic ring is 1. The van der Waals surface area contributed by atoms with Crippen molar-refractivity contribution in [2.75, 3.05) is 11.1 Å². The van der Waals surface area contributed by atoms with Crippen LogP contribution in [0.15, 0.2) is 42.7 Å². The van der Waals surface area contributed by atoms with Crippen molar-refractivity contribution in [3.05, 3.63) is 64.6 Å². The quantitative estimate of drug-likeness (QED) is 0.446. The van der Waals surface area contributed by atoms with E-state index in [2.05, 4.69) is 25.4 Å². The van der Waals surface area contributed by atoms with E-state index in [-0.39, 0.29) is 35.6 Å². The molecule has 0 aliphatic carbocycles. The Balaban J connectivity index is 1.65. The smallest absolute Gasteiger partial charge is 0.383 e. The highest BCUT2D eigenvalue weighted by atomic mass is 35.5. The van der Waals surface area contributed by atoms with Crippen LogP contribution in [0.25, 0.3) is 16.9 Å². The van der Waals surface area contributed by atoms with Crippen molar-refractivity contribution in [2.24, 2.45) is 0 Å². The summed E-state index contributed by atoms with van der Waals surface area (Å²) in [5.74, 6) is -0.0654. The van der Waals surface area contributed by atoms with Crippen LogP contribution in [0, 0.1) is 0 Å². The van der Waals surface area contributed by atoms with E-state index in [0.717, 1.165) is 0 Å². The summed E-state index contributed by atoms with van der Waals surface area (Å²) < 4.78 is 39.9. The molecule has 12 heteroatoms. The van der Waals surface area contributed by atoms with Gasteiger partial charge in [0.15, 0.2) is 0 Å². The lowest BCUT2D eigenvalue weighted by atomic mass is 9.78. The highest BCUT2D eigenvalue weighted by molar-refractivity contribution is 6.31. The van der Waals surface area contributed by atoms with Crippen LogP contribution in [0.4, 0.5) is 24.8 Å². The number of amides is 1. The first kappa shape index (κ1) is 22.1. The highest BCUT2D eigenvalue weighted by Crippen LogP contribution is 2.44. The average Bonchev–Trinajstić information content (AvgIpc) is 3.27. The fourth-order valence-corrected chi connectivity index (χ4v) is 4.37. The van der Waals surface area contributed by atoms with Crippen molar-refractivity contribution in [1.29, 1.82) is 0 Å². The SMILES string of the molecule is CC1(c2ccncc2)C(=O)Nc2nc(-n3nc(CCC(F)(F)F)c4cc(Cl)ccc43)nc(N)c21. The third-order valence-corrected chi connectivity index (χ3v) is 6.16. The van der Waals surface area contributed by atoms with Crippen molar-refractivity contribution in [3.8, 4) is 5.95 Å². The van der Waals surface area contributed by atoms with Gasteiger partial charge in [-0.15, -0.1) is 0 Å². The zero-order valence-electron chi connectivity index (χ0n) is 17.7. The number of rotatable bonds is 4. The summed E-state index contributed by atoms with van der Waals surface area (Å²) in [6, 6.07) is 8.17. The van der Waals surface area contributed by atoms with Gasteiger partial charge in [0.25, 0.3) is 5.95 Å². The van der Waals surface area contributed by atoms with Crippen molar-refractivity contribution in [2.45, 2.75) is 31.4 Å². The van der Waals surface area contributed by atoms with E-state index < -0.39 is 18.0 Å². The summed E-state index contributed by atoms with van der Waals surface area (Å²) in [6.07, 6.45) is -2.59. The number of carbonyl (C=O) groups excluding carboxylic acids is 1. The maximum atomic E-state index is 13.0. The van der Waals surface area contributed by atoms with Gasteiger partial charge in [0.1, 0.15) is 17.1 Å². The molecule has 4 heterocycles. The molecule has 0 spiro atoms. The largest absolute Gasteiger partial charge is 0.389 e. The monoisotopic (exact) mass is 487 g/mol. The molecule has 1 amide bonds. The van der Waals surface area contributed by atoms with Gasteiger partial charge in [-0.2, -0.15) is 32.9 Å². The lowest BCUT2D eigenvalue weighted by Crippen LogP contribution is -2.33. The van der Waals surface area contributed by atoms with Crippen LogP contribution in [-0.2, 0) is 16.6 Å². The van der Waals surface area contributed by atoms with Gasteiger partial charge in [0.05, 0.1) is 16.8 Å². The molecule has 0 saturated carbocycles. The molecule has 34 heavy (non-hydrogen) atoms. The van der Waals surface area contributed by atoms with Gasteiger partial charge in [0, 0.05) is 35.6 Å². The van der Waals surface area contributed by atoms with E-state index >= 15 is 0 Å². The molecular formula is C22H17ClF3N7O. The Kier molecular flexibility index (Phi) is 4.97. The number of pyridine rings is 1.